The number of hydrogen-bond donors (Lipinski definition) is 1. The number of carbonyl (C=O) groups excluding carboxylic acids is 1. The number of benzene rings is 2. The molecule has 27 heavy (non-hydrogen) atoms. The van der Waals surface area contributed by atoms with Crippen LogP contribution in [0, 0.1) is 0 Å². The lowest BCUT2D eigenvalue weighted by atomic mass is 9.88. The molecule has 0 aromatic heterocycles. The van der Waals surface area contributed by atoms with Gasteiger partial charge in [0.2, 0.25) is 15.9 Å². The minimum atomic E-state index is -3.72. The third-order valence-corrected chi connectivity index (χ3v) is 6.80. The molecule has 1 atom stereocenters. The number of ether oxygens (including phenoxy) is 1. The number of fused-ring (bicyclic) bond motifs is 1. The Morgan fingerprint density at radius 2 is 1.96 bits per heavy atom. The van der Waals surface area contributed by atoms with E-state index in [9.17, 15) is 13.2 Å². The van der Waals surface area contributed by atoms with Crippen molar-refractivity contribution < 1.29 is 17.9 Å². The highest BCUT2D eigenvalue weighted by atomic mass is 32.2. The fourth-order valence-electron chi connectivity index (χ4n) is 3.56. The minimum absolute atomic E-state index is 0.138. The molecule has 0 bridgehead atoms. The lowest BCUT2D eigenvalue weighted by molar-refractivity contribution is -0.114. The second-order valence-electron chi connectivity index (χ2n) is 6.67. The minimum Gasteiger partial charge on any atom is -0.495 e. The molecule has 0 aliphatic heterocycles. The van der Waals surface area contributed by atoms with Crippen molar-refractivity contribution in [1.82, 2.24) is 4.31 Å². The van der Waals surface area contributed by atoms with E-state index >= 15 is 0 Å². The van der Waals surface area contributed by atoms with Crippen LogP contribution in [0.25, 0.3) is 0 Å². The van der Waals surface area contributed by atoms with Gasteiger partial charge in [-0.2, -0.15) is 4.31 Å². The van der Waals surface area contributed by atoms with Crippen LogP contribution in [0.4, 0.5) is 5.69 Å². The van der Waals surface area contributed by atoms with Gasteiger partial charge >= 0.3 is 0 Å². The quantitative estimate of drug-likeness (QED) is 0.852. The van der Waals surface area contributed by atoms with Gasteiger partial charge in [0, 0.05) is 26.1 Å². The number of amides is 1. The molecule has 0 saturated heterocycles. The maximum Gasteiger partial charge on any atom is 0.243 e. The van der Waals surface area contributed by atoms with Crippen LogP contribution in [0.5, 0.6) is 5.75 Å². The molecule has 1 aliphatic carbocycles. The fourth-order valence-corrected chi connectivity index (χ4v) is 4.95. The van der Waals surface area contributed by atoms with Crippen molar-refractivity contribution in [3.05, 3.63) is 53.6 Å². The number of rotatable bonds is 5. The standard InChI is InChI=1S/C20H24N2O4S/c1-14(23)21-18-12-11-16(13-20(18)26-3)27(24,25)22(2)19-10-6-8-15-7-4-5-9-17(15)19/h4-5,7,9,11-13,19H,6,8,10H2,1-3H3,(H,21,23)/t19-/m1/s1. The summed E-state index contributed by atoms with van der Waals surface area (Å²) >= 11 is 0. The van der Waals surface area contributed by atoms with Crippen LogP contribution in [0.3, 0.4) is 0 Å². The van der Waals surface area contributed by atoms with Gasteiger partial charge in [-0.05, 0) is 42.5 Å². The van der Waals surface area contributed by atoms with Crippen molar-refractivity contribution in [3.63, 3.8) is 0 Å². The van der Waals surface area contributed by atoms with Crippen LogP contribution in [0.15, 0.2) is 47.4 Å². The molecular formula is C20H24N2O4S. The summed E-state index contributed by atoms with van der Waals surface area (Å²) in [5.74, 6) is 0.0588. The van der Waals surface area contributed by atoms with Crippen molar-refractivity contribution >= 4 is 21.6 Å². The summed E-state index contributed by atoms with van der Waals surface area (Å²) in [4.78, 5) is 11.4. The fraction of sp³-hybridized carbons (Fsp3) is 0.350. The van der Waals surface area contributed by atoms with Crippen molar-refractivity contribution in [2.24, 2.45) is 0 Å². The Hall–Kier alpha value is -2.38. The van der Waals surface area contributed by atoms with Crippen LogP contribution in [0.2, 0.25) is 0 Å². The molecular weight excluding hydrogens is 364 g/mol. The number of aryl methyl sites for hydroxylation is 1. The maximum absolute atomic E-state index is 13.2. The van der Waals surface area contributed by atoms with E-state index in [0.717, 1.165) is 24.8 Å². The number of nitrogens with one attached hydrogen (secondary N) is 1. The highest BCUT2D eigenvalue weighted by Crippen LogP contribution is 2.37. The Morgan fingerprint density at radius 3 is 2.67 bits per heavy atom. The number of sulfonamides is 1. The van der Waals surface area contributed by atoms with Crippen molar-refractivity contribution in [2.75, 3.05) is 19.5 Å². The third kappa shape index (κ3) is 3.84. The van der Waals surface area contributed by atoms with E-state index in [1.807, 2.05) is 18.2 Å². The molecule has 2 aromatic carbocycles. The van der Waals surface area contributed by atoms with Crippen molar-refractivity contribution in [3.8, 4) is 5.75 Å². The number of hydrogen-bond acceptors (Lipinski definition) is 4. The summed E-state index contributed by atoms with van der Waals surface area (Å²) < 4.78 is 33.2. The van der Waals surface area contributed by atoms with E-state index < -0.39 is 10.0 Å². The zero-order chi connectivity index (χ0) is 19.6. The Bertz CT molecular complexity index is 956. The van der Waals surface area contributed by atoms with Crippen LogP contribution in [0.1, 0.15) is 36.9 Å². The smallest absolute Gasteiger partial charge is 0.243 e. The van der Waals surface area contributed by atoms with Crippen LogP contribution in [-0.2, 0) is 21.2 Å². The number of methoxy groups -OCH3 is 1. The molecule has 6 nitrogen and oxygen atoms in total. The largest absolute Gasteiger partial charge is 0.495 e. The molecule has 7 heteroatoms. The molecule has 1 N–H and O–H groups in total. The molecule has 0 unspecified atom stereocenters. The monoisotopic (exact) mass is 388 g/mol. The Kier molecular flexibility index (Phi) is 5.53. The van der Waals surface area contributed by atoms with Gasteiger partial charge in [-0.25, -0.2) is 8.42 Å². The highest BCUT2D eigenvalue weighted by molar-refractivity contribution is 7.89. The molecule has 144 valence electrons. The summed E-state index contributed by atoms with van der Waals surface area (Å²) in [7, 11) is -0.655. The Morgan fingerprint density at radius 1 is 1.22 bits per heavy atom. The number of anilines is 1. The molecule has 0 spiro atoms. The zero-order valence-corrected chi connectivity index (χ0v) is 16.5. The van der Waals surface area contributed by atoms with E-state index in [1.54, 1.807) is 13.1 Å². The predicted molar refractivity (Wildman–Crippen MR) is 104 cm³/mol. The summed E-state index contributed by atoms with van der Waals surface area (Å²) in [5.41, 5.74) is 2.71. The molecule has 0 heterocycles. The van der Waals surface area contributed by atoms with E-state index in [-0.39, 0.29) is 16.8 Å². The SMILES string of the molecule is COc1cc(S(=O)(=O)N(C)[C@@H]2CCCc3ccccc32)ccc1NC(C)=O. The third-order valence-electron chi connectivity index (χ3n) is 4.94. The molecule has 1 aliphatic rings. The van der Waals surface area contributed by atoms with E-state index in [1.165, 1.54) is 36.0 Å². The molecule has 0 saturated carbocycles. The first-order valence-corrected chi connectivity index (χ1v) is 10.3. The van der Waals surface area contributed by atoms with Gasteiger partial charge in [-0.1, -0.05) is 24.3 Å². The normalized spacial score (nSPS) is 16.7. The predicted octanol–water partition coefficient (Wildman–Crippen LogP) is 3.35. The van der Waals surface area contributed by atoms with Gasteiger partial charge in [0.05, 0.1) is 17.7 Å². The molecule has 0 radical (unpaired) electrons. The van der Waals surface area contributed by atoms with E-state index in [4.69, 9.17) is 4.74 Å². The van der Waals surface area contributed by atoms with Gasteiger partial charge < -0.3 is 10.1 Å². The van der Waals surface area contributed by atoms with Crippen LogP contribution < -0.4 is 10.1 Å². The van der Waals surface area contributed by atoms with Crippen LogP contribution in [-0.4, -0.2) is 32.8 Å². The Labute approximate surface area is 160 Å². The lowest BCUT2D eigenvalue weighted by Crippen LogP contribution is -2.33. The summed E-state index contributed by atoms with van der Waals surface area (Å²) in [6.45, 7) is 1.39. The molecule has 3 rings (SSSR count). The van der Waals surface area contributed by atoms with Crippen molar-refractivity contribution in [1.29, 1.82) is 0 Å². The average Bonchev–Trinajstić information content (AvgIpc) is 2.66. The first-order chi connectivity index (χ1) is 12.8. The lowest BCUT2D eigenvalue weighted by Gasteiger charge is -2.32. The van der Waals surface area contributed by atoms with Gasteiger partial charge in [-0.15, -0.1) is 0 Å². The summed E-state index contributed by atoms with van der Waals surface area (Å²) in [6.07, 6.45) is 2.71. The maximum atomic E-state index is 13.2. The second kappa shape index (κ2) is 7.70. The van der Waals surface area contributed by atoms with E-state index in [2.05, 4.69) is 11.4 Å². The van der Waals surface area contributed by atoms with Gasteiger partial charge in [0.1, 0.15) is 5.75 Å². The van der Waals surface area contributed by atoms with Crippen molar-refractivity contribution in [2.45, 2.75) is 37.1 Å². The first kappa shape index (κ1) is 19.4. The molecule has 1 amide bonds. The van der Waals surface area contributed by atoms with Gasteiger partial charge in [0.15, 0.2) is 0 Å². The van der Waals surface area contributed by atoms with E-state index in [0.29, 0.717) is 11.4 Å². The summed E-state index contributed by atoms with van der Waals surface area (Å²) in [5, 5.41) is 2.64. The molecule has 2 aromatic rings. The topological polar surface area (TPSA) is 75.7 Å². The number of carbonyl (C=O) groups is 1. The zero-order valence-electron chi connectivity index (χ0n) is 15.7. The first-order valence-electron chi connectivity index (χ1n) is 8.86. The van der Waals surface area contributed by atoms with Gasteiger partial charge in [-0.3, -0.25) is 4.79 Å². The van der Waals surface area contributed by atoms with Gasteiger partial charge in [0.25, 0.3) is 0 Å². The summed E-state index contributed by atoms with van der Waals surface area (Å²) in [6, 6.07) is 12.3. The number of nitrogens with zero attached hydrogens (tertiary/aromatic N) is 1. The molecule has 0 fully saturated rings. The second-order valence-corrected chi connectivity index (χ2v) is 8.67. The van der Waals surface area contributed by atoms with Crippen LogP contribution >= 0.6 is 0 Å². The Balaban J connectivity index is 1.96. The highest BCUT2D eigenvalue weighted by Gasteiger charge is 2.32. The average molecular weight is 388 g/mol.